The molecule has 7 nitrogen and oxygen atoms in total. The molecule has 2 heterocycles. The number of likely N-dealkylation sites (tertiary alicyclic amines) is 1. The minimum Gasteiger partial charge on any atom is -0.462 e. The summed E-state index contributed by atoms with van der Waals surface area (Å²) in [6, 6.07) is 0.679. The van der Waals surface area contributed by atoms with E-state index in [1.54, 1.807) is 13.8 Å². The van der Waals surface area contributed by atoms with E-state index in [-0.39, 0.29) is 41.0 Å². The highest BCUT2D eigenvalue weighted by Crippen LogP contribution is 2.68. The normalized spacial score (nSPS) is 46.9. The highest BCUT2D eigenvalue weighted by molar-refractivity contribution is 5.66. The van der Waals surface area contributed by atoms with E-state index in [9.17, 15) is 9.59 Å². The number of carbonyl (C=O) groups is 2. The topological polar surface area (TPSA) is 65.1 Å². The molecule has 2 saturated heterocycles. The van der Waals surface area contributed by atoms with Crippen molar-refractivity contribution in [2.75, 3.05) is 46.4 Å². The number of rotatable bonds is 4. The monoisotopic (exact) mass is 559 g/mol. The largest absolute Gasteiger partial charge is 0.462 e. The van der Waals surface area contributed by atoms with E-state index >= 15 is 0 Å². The molecule has 0 amide bonds. The lowest BCUT2D eigenvalue weighted by Crippen LogP contribution is -2.77. The zero-order valence-electron chi connectivity index (χ0n) is 25.9. The lowest BCUT2D eigenvalue weighted by molar-refractivity contribution is -0.950. The standard InChI is InChI=1S/C33H55N2O5/c1-22(36)39-28-21-24-9-10-25-26-11-12-29(40-23(2)37)32(26,3)14-13-27(25)33(24,4)31(35(5)17-7-6-8-18-35)30(28)34-15-19-38-20-16-34/h24-31H,6-21H2,1-5H3/q+1/t24?,25-,26-,27+,28?,29?,30?,31?,32-,33-/m0/s1. The molecule has 226 valence electrons. The number of fused-ring (bicyclic) bond motifs is 5. The SMILES string of the molecule is CC(=O)OC1CC2CC[C@@H]3[C@@H](CC[C@]4(C)C(OC(C)=O)CC[C@@H]34)[C@@]2(C)C([N+]2(C)CCCCC2)C1N1CCOCC1. The van der Waals surface area contributed by atoms with Gasteiger partial charge in [0.2, 0.25) is 0 Å². The summed E-state index contributed by atoms with van der Waals surface area (Å²) in [5.74, 6) is 2.32. The van der Waals surface area contributed by atoms with Gasteiger partial charge in [0.05, 0.1) is 33.4 Å². The fraction of sp³-hybridized carbons (Fsp3) is 0.939. The van der Waals surface area contributed by atoms with Gasteiger partial charge in [0.15, 0.2) is 0 Å². The summed E-state index contributed by atoms with van der Waals surface area (Å²) in [5.41, 5.74) is 0.295. The third-order valence-electron chi connectivity index (χ3n) is 13.3. The van der Waals surface area contributed by atoms with Crippen LogP contribution in [0, 0.1) is 34.5 Å². The van der Waals surface area contributed by atoms with Crippen molar-refractivity contribution in [2.24, 2.45) is 34.5 Å². The first kappa shape index (κ1) is 28.9. The number of quaternary nitrogens is 1. The van der Waals surface area contributed by atoms with Gasteiger partial charge in [-0.2, -0.15) is 0 Å². The molecule has 4 aliphatic carbocycles. The minimum atomic E-state index is -0.128. The summed E-state index contributed by atoms with van der Waals surface area (Å²) in [4.78, 5) is 27.2. The van der Waals surface area contributed by atoms with Gasteiger partial charge in [-0.1, -0.05) is 13.8 Å². The third kappa shape index (κ3) is 4.65. The number of esters is 2. The van der Waals surface area contributed by atoms with Gasteiger partial charge in [0, 0.05) is 37.8 Å². The second kappa shape index (κ2) is 10.8. The molecule has 0 bridgehead atoms. The Morgan fingerprint density at radius 2 is 1.57 bits per heavy atom. The number of morpholine rings is 1. The Bertz CT molecular complexity index is 960. The van der Waals surface area contributed by atoms with Crippen LogP contribution < -0.4 is 0 Å². The van der Waals surface area contributed by atoms with E-state index in [1.807, 2.05) is 0 Å². The molecule has 6 aliphatic rings. The lowest BCUT2D eigenvalue weighted by Gasteiger charge is -2.68. The maximum absolute atomic E-state index is 12.5. The number of piperidine rings is 1. The van der Waals surface area contributed by atoms with Crippen molar-refractivity contribution in [3.63, 3.8) is 0 Å². The molecule has 0 N–H and O–H groups in total. The van der Waals surface area contributed by atoms with Gasteiger partial charge in [0.1, 0.15) is 24.3 Å². The molecule has 0 aromatic rings. The van der Waals surface area contributed by atoms with Crippen LogP contribution in [0.15, 0.2) is 0 Å². The Morgan fingerprint density at radius 3 is 2.25 bits per heavy atom. The van der Waals surface area contributed by atoms with Gasteiger partial charge in [-0.3, -0.25) is 14.5 Å². The molecule has 0 aromatic heterocycles. The van der Waals surface area contributed by atoms with Crippen LogP contribution in [0.4, 0.5) is 0 Å². The second-order valence-corrected chi connectivity index (χ2v) is 15.2. The van der Waals surface area contributed by atoms with Crippen molar-refractivity contribution in [2.45, 2.75) is 116 Å². The molecule has 6 rings (SSSR count). The van der Waals surface area contributed by atoms with E-state index in [2.05, 4.69) is 25.8 Å². The van der Waals surface area contributed by atoms with Gasteiger partial charge in [-0.25, -0.2) is 0 Å². The number of likely N-dealkylation sites (N-methyl/N-ethyl adjacent to an activating group) is 1. The molecule has 4 saturated carbocycles. The maximum Gasteiger partial charge on any atom is 0.302 e. The molecule has 2 aliphatic heterocycles. The predicted octanol–water partition coefficient (Wildman–Crippen LogP) is 4.81. The Kier molecular flexibility index (Phi) is 7.83. The molecule has 0 aromatic carbocycles. The Hall–Kier alpha value is -1.18. The van der Waals surface area contributed by atoms with Crippen LogP contribution in [-0.4, -0.2) is 92.1 Å². The van der Waals surface area contributed by atoms with E-state index in [0.29, 0.717) is 29.7 Å². The quantitative estimate of drug-likeness (QED) is 0.364. The van der Waals surface area contributed by atoms with Gasteiger partial charge >= 0.3 is 11.9 Å². The zero-order chi connectivity index (χ0) is 28.3. The van der Waals surface area contributed by atoms with E-state index in [4.69, 9.17) is 14.2 Å². The average Bonchev–Trinajstić information content (AvgIpc) is 3.24. The molecule has 5 unspecified atom stereocenters. The van der Waals surface area contributed by atoms with Crippen molar-refractivity contribution in [3.05, 3.63) is 0 Å². The van der Waals surface area contributed by atoms with Crippen LogP contribution in [0.3, 0.4) is 0 Å². The van der Waals surface area contributed by atoms with Crippen molar-refractivity contribution in [1.29, 1.82) is 0 Å². The second-order valence-electron chi connectivity index (χ2n) is 15.2. The first-order chi connectivity index (χ1) is 19.1. The number of hydrogen-bond donors (Lipinski definition) is 0. The number of hydrogen-bond acceptors (Lipinski definition) is 6. The van der Waals surface area contributed by atoms with E-state index in [0.717, 1.165) is 50.0 Å². The maximum atomic E-state index is 12.5. The average molecular weight is 560 g/mol. The summed E-state index contributed by atoms with van der Waals surface area (Å²) in [7, 11) is 2.55. The van der Waals surface area contributed by atoms with E-state index < -0.39 is 0 Å². The Morgan fingerprint density at radius 1 is 0.875 bits per heavy atom. The molecule has 0 radical (unpaired) electrons. The number of carbonyl (C=O) groups excluding carboxylic acids is 2. The Balaban J connectivity index is 1.41. The third-order valence-corrected chi connectivity index (χ3v) is 13.3. The molecule has 10 atom stereocenters. The summed E-state index contributed by atoms with van der Waals surface area (Å²) in [6.07, 6.45) is 12.0. The minimum absolute atomic E-state index is 0.0409. The highest BCUT2D eigenvalue weighted by Gasteiger charge is 2.69. The predicted molar refractivity (Wildman–Crippen MR) is 153 cm³/mol. The fourth-order valence-corrected chi connectivity index (χ4v) is 11.8. The Labute approximate surface area is 242 Å². The summed E-state index contributed by atoms with van der Waals surface area (Å²) in [5, 5.41) is 0. The van der Waals surface area contributed by atoms with Crippen molar-refractivity contribution >= 4 is 11.9 Å². The van der Waals surface area contributed by atoms with Crippen LogP contribution in [0.5, 0.6) is 0 Å². The molecule has 7 heteroatoms. The van der Waals surface area contributed by atoms with Crippen molar-refractivity contribution < 1.29 is 28.3 Å². The summed E-state index contributed by atoms with van der Waals surface area (Å²) >= 11 is 0. The van der Waals surface area contributed by atoms with Gasteiger partial charge < -0.3 is 18.7 Å². The van der Waals surface area contributed by atoms with Crippen molar-refractivity contribution in [3.8, 4) is 0 Å². The first-order valence-corrected chi connectivity index (χ1v) is 16.6. The fourth-order valence-electron chi connectivity index (χ4n) is 11.8. The summed E-state index contributed by atoms with van der Waals surface area (Å²) in [6.45, 7) is 14.2. The van der Waals surface area contributed by atoms with E-state index in [1.165, 1.54) is 58.0 Å². The molecule has 40 heavy (non-hydrogen) atoms. The van der Waals surface area contributed by atoms with Crippen LogP contribution >= 0.6 is 0 Å². The molecular weight excluding hydrogens is 504 g/mol. The molecule has 6 fully saturated rings. The van der Waals surface area contributed by atoms with Crippen LogP contribution in [-0.2, 0) is 23.8 Å². The molecular formula is C33H55N2O5+. The lowest BCUT2D eigenvalue weighted by atomic mass is 9.42. The number of ether oxygens (including phenoxy) is 3. The van der Waals surface area contributed by atoms with Crippen LogP contribution in [0.25, 0.3) is 0 Å². The smallest absolute Gasteiger partial charge is 0.302 e. The molecule has 0 spiro atoms. The highest BCUT2D eigenvalue weighted by atomic mass is 16.5. The van der Waals surface area contributed by atoms with Gasteiger partial charge in [-0.15, -0.1) is 0 Å². The van der Waals surface area contributed by atoms with Crippen molar-refractivity contribution in [1.82, 2.24) is 4.90 Å². The zero-order valence-corrected chi connectivity index (χ0v) is 25.9. The number of nitrogens with zero attached hydrogens (tertiary/aromatic N) is 2. The van der Waals surface area contributed by atoms with Crippen LogP contribution in [0.1, 0.15) is 91.9 Å². The summed E-state index contributed by atoms with van der Waals surface area (Å²) < 4.78 is 19.2. The first-order valence-electron chi connectivity index (χ1n) is 16.6. The van der Waals surface area contributed by atoms with Gasteiger partial charge in [-0.05, 0) is 87.9 Å². The van der Waals surface area contributed by atoms with Crippen LogP contribution in [0.2, 0.25) is 0 Å². The van der Waals surface area contributed by atoms with Gasteiger partial charge in [0.25, 0.3) is 0 Å².